The lowest BCUT2D eigenvalue weighted by molar-refractivity contribution is 0.0698. The number of aryl methyl sites for hydroxylation is 1. The van der Waals surface area contributed by atoms with E-state index in [1.54, 1.807) is 28.7 Å². The number of fused-ring (bicyclic) bond motifs is 2. The largest absolute Gasteiger partial charge is 0.478 e. The number of aromatic carboxylic acids is 1. The fraction of sp³-hybridized carbons (Fsp3) is 0.375. The van der Waals surface area contributed by atoms with E-state index >= 15 is 0 Å². The third kappa shape index (κ3) is 3.34. The number of rotatable bonds is 5. The number of pyridine rings is 1. The van der Waals surface area contributed by atoms with Gasteiger partial charge in [0.05, 0.1) is 17.2 Å². The number of nitrogens with zero attached hydrogens (tertiary/aromatic N) is 3. The summed E-state index contributed by atoms with van der Waals surface area (Å²) in [6.45, 7) is 7.70. The molecule has 1 saturated heterocycles. The van der Waals surface area contributed by atoms with Crippen LogP contribution in [-0.2, 0) is 0 Å². The second-order valence-electron chi connectivity index (χ2n) is 8.91. The molecule has 0 spiro atoms. The highest BCUT2D eigenvalue weighted by Crippen LogP contribution is 2.46. The molecule has 160 valence electrons. The summed E-state index contributed by atoms with van der Waals surface area (Å²) in [7, 11) is 0. The van der Waals surface area contributed by atoms with E-state index < -0.39 is 5.97 Å². The van der Waals surface area contributed by atoms with Crippen LogP contribution in [0.2, 0.25) is 0 Å². The smallest absolute Gasteiger partial charge is 0.337 e. The zero-order valence-electron chi connectivity index (χ0n) is 17.9. The molecule has 1 saturated carbocycles. The van der Waals surface area contributed by atoms with Crippen LogP contribution in [0.4, 0.5) is 11.5 Å². The van der Waals surface area contributed by atoms with Crippen molar-refractivity contribution in [2.24, 2.45) is 11.8 Å². The Morgan fingerprint density at radius 1 is 1.23 bits per heavy atom. The molecule has 1 aromatic carbocycles. The Kier molecular flexibility index (Phi) is 4.50. The van der Waals surface area contributed by atoms with Crippen molar-refractivity contribution in [2.75, 3.05) is 23.3 Å². The van der Waals surface area contributed by atoms with Crippen LogP contribution in [0.3, 0.4) is 0 Å². The summed E-state index contributed by atoms with van der Waals surface area (Å²) in [4.78, 5) is 32.0. The van der Waals surface area contributed by atoms with Gasteiger partial charge in [-0.2, -0.15) is 0 Å². The predicted molar refractivity (Wildman–Crippen MR) is 120 cm³/mol. The maximum Gasteiger partial charge on any atom is 0.337 e. The van der Waals surface area contributed by atoms with Crippen LogP contribution < -0.4 is 15.8 Å². The molecule has 0 radical (unpaired) electrons. The van der Waals surface area contributed by atoms with Gasteiger partial charge >= 0.3 is 5.97 Å². The number of carbonyl (C=O) groups is 1. The molecule has 1 aliphatic carbocycles. The van der Waals surface area contributed by atoms with Gasteiger partial charge in [0.15, 0.2) is 0 Å². The topological polar surface area (TPSA) is 86.9 Å². The van der Waals surface area contributed by atoms with E-state index in [1.165, 1.54) is 6.42 Å². The molecule has 1 aliphatic heterocycles. The summed E-state index contributed by atoms with van der Waals surface area (Å²) in [5.41, 5.74) is 3.80. The summed E-state index contributed by atoms with van der Waals surface area (Å²) in [6.07, 6.45) is 3.11. The molecule has 2 fully saturated rings. The molecule has 5 rings (SSSR count). The van der Waals surface area contributed by atoms with Crippen molar-refractivity contribution in [2.45, 2.75) is 33.2 Å². The van der Waals surface area contributed by atoms with Gasteiger partial charge < -0.3 is 15.3 Å². The van der Waals surface area contributed by atoms with Gasteiger partial charge in [-0.25, -0.2) is 9.78 Å². The van der Waals surface area contributed by atoms with E-state index in [2.05, 4.69) is 10.2 Å². The number of aromatic nitrogens is 2. The summed E-state index contributed by atoms with van der Waals surface area (Å²) in [5.74, 6) is 1.28. The molecule has 3 heterocycles. The molecular formula is C24H26N4O3. The Labute approximate surface area is 180 Å². The summed E-state index contributed by atoms with van der Waals surface area (Å²) in [5, 5.41) is 12.8. The minimum Gasteiger partial charge on any atom is -0.478 e. The highest BCUT2D eigenvalue weighted by molar-refractivity contribution is 5.94. The van der Waals surface area contributed by atoms with E-state index in [0.29, 0.717) is 16.9 Å². The SMILES string of the molecule is Cc1cc([C@@H](C)Nc2ccccc2C(=O)O)c2nc(N3CC4CC4C3)c(C)c(=O)n2c1. The van der Waals surface area contributed by atoms with Gasteiger partial charge in [-0.15, -0.1) is 0 Å². The fourth-order valence-electron chi connectivity index (χ4n) is 4.79. The van der Waals surface area contributed by atoms with Crippen LogP contribution in [0.25, 0.3) is 5.65 Å². The Hall–Kier alpha value is -3.35. The normalized spacial score (nSPS) is 20.5. The average Bonchev–Trinajstić information content (AvgIpc) is 3.35. The van der Waals surface area contributed by atoms with Gasteiger partial charge in [0.1, 0.15) is 11.5 Å². The number of benzene rings is 1. The maximum atomic E-state index is 13.2. The Morgan fingerprint density at radius 3 is 2.65 bits per heavy atom. The van der Waals surface area contributed by atoms with Crippen molar-refractivity contribution < 1.29 is 9.90 Å². The highest BCUT2D eigenvalue weighted by atomic mass is 16.4. The molecular weight excluding hydrogens is 392 g/mol. The van der Waals surface area contributed by atoms with Crippen LogP contribution in [-0.4, -0.2) is 33.6 Å². The van der Waals surface area contributed by atoms with Crippen LogP contribution in [0.5, 0.6) is 0 Å². The number of piperidine rings is 1. The van der Waals surface area contributed by atoms with Crippen molar-refractivity contribution in [3.05, 3.63) is 69.1 Å². The number of hydrogen-bond donors (Lipinski definition) is 2. The van der Waals surface area contributed by atoms with Crippen molar-refractivity contribution in [3.8, 4) is 0 Å². The summed E-state index contributed by atoms with van der Waals surface area (Å²) < 4.78 is 1.63. The standard InChI is InChI=1S/C24H26N4O3/c1-13-8-19(15(3)25-20-7-5-4-6-18(20)24(30)31)22-26-21(14(2)23(29)28(22)10-13)27-11-16-9-17(16)12-27/h4-8,10,15-17,25H,9,11-12H2,1-3H3,(H,30,31)/t15-,16?,17?/m1/s1. The molecule has 2 unspecified atom stereocenters. The van der Waals surface area contributed by atoms with Crippen LogP contribution in [0, 0.1) is 25.7 Å². The number of carboxylic acid groups (broad SMARTS) is 1. The van der Waals surface area contributed by atoms with Crippen LogP contribution >= 0.6 is 0 Å². The second-order valence-corrected chi connectivity index (χ2v) is 8.91. The number of nitrogens with one attached hydrogen (secondary N) is 1. The monoisotopic (exact) mass is 418 g/mol. The number of anilines is 2. The first kappa shape index (κ1) is 19.6. The molecule has 2 N–H and O–H groups in total. The first-order valence-corrected chi connectivity index (χ1v) is 10.7. The Balaban J connectivity index is 1.60. The first-order valence-electron chi connectivity index (χ1n) is 10.7. The molecule has 0 bridgehead atoms. The zero-order chi connectivity index (χ0) is 21.9. The molecule has 7 nitrogen and oxygen atoms in total. The lowest BCUT2D eigenvalue weighted by atomic mass is 10.1. The van der Waals surface area contributed by atoms with E-state index in [0.717, 1.165) is 41.9 Å². The summed E-state index contributed by atoms with van der Waals surface area (Å²) >= 11 is 0. The van der Waals surface area contributed by atoms with Crippen molar-refractivity contribution >= 4 is 23.1 Å². The second kappa shape index (κ2) is 7.11. The van der Waals surface area contributed by atoms with Crippen molar-refractivity contribution in [3.63, 3.8) is 0 Å². The van der Waals surface area contributed by atoms with E-state index in [1.807, 2.05) is 33.0 Å². The number of para-hydroxylation sites is 1. The highest BCUT2D eigenvalue weighted by Gasteiger charge is 2.46. The average molecular weight is 418 g/mol. The predicted octanol–water partition coefficient (Wildman–Crippen LogP) is 3.64. The van der Waals surface area contributed by atoms with Crippen LogP contribution in [0.1, 0.15) is 46.4 Å². The van der Waals surface area contributed by atoms with Crippen LogP contribution in [0.15, 0.2) is 41.3 Å². The lowest BCUT2D eigenvalue weighted by Crippen LogP contribution is -2.29. The molecule has 3 aromatic rings. The molecule has 7 heteroatoms. The number of hydrogen-bond acceptors (Lipinski definition) is 5. The minimum atomic E-state index is -0.982. The fourth-order valence-corrected chi connectivity index (χ4v) is 4.79. The Morgan fingerprint density at radius 2 is 1.94 bits per heavy atom. The van der Waals surface area contributed by atoms with Gasteiger partial charge in [-0.3, -0.25) is 9.20 Å². The lowest BCUT2D eigenvalue weighted by Gasteiger charge is -2.24. The van der Waals surface area contributed by atoms with Gasteiger partial charge in [-0.1, -0.05) is 12.1 Å². The molecule has 2 aromatic heterocycles. The molecule has 0 amide bonds. The zero-order valence-corrected chi connectivity index (χ0v) is 17.9. The Bertz CT molecular complexity index is 1260. The van der Waals surface area contributed by atoms with Crippen molar-refractivity contribution in [1.29, 1.82) is 0 Å². The van der Waals surface area contributed by atoms with E-state index in [-0.39, 0.29) is 17.2 Å². The van der Waals surface area contributed by atoms with E-state index in [9.17, 15) is 14.7 Å². The third-order valence-electron chi connectivity index (χ3n) is 6.56. The number of carboxylic acids is 1. The third-order valence-corrected chi connectivity index (χ3v) is 6.56. The maximum absolute atomic E-state index is 13.2. The molecule has 3 atom stereocenters. The van der Waals surface area contributed by atoms with Gasteiger partial charge in [0.25, 0.3) is 5.56 Å². The van der Waals surface area contributed by atoms with Gasteiger partial charge in [-0.05, 0) is 62.8 Å². The molecule has 2 aliphatic rings. The quantitative estimate of drug-likeness (QED) is 0.658. The van der Waals surface area contributed by atoms with Gasteiger partial charge in [0.2, 0.25) is 0 Å². The summed E-state index contributed by atoms with van der Waals surface area (Å²) in [6, 6.07) is 8.61. The van der Waals surface area contributed by atoms with Gasteiger partial charge in [0, 0.05) is 30.5 Å². The van der Waals surface area contributed by atoms with Crippen molar-refractivity contribution in [1.82, 2.24) is 9.38 Å². The molecule has 31 heavy (non-hydrogen) atoms. The minimum absolute atomic E-state index is 0.0522. The van der Waals surface area contributed by atoms with E-state index in [4.69, 9.17) is 4.98 Å². The first-order chi connectivity index (χ1) is 14.8.